The normalized spacial score (nSPS) is 10.9. The van der Waals surface area contributed by atoms with E-state index in [0.717, 1.165) is 10.5 Å². The lowest BCUT2D eigenvalue weighted by atomic mass is 9.78. The summed E-state index contributed by atoms with van der Waals surface area (Å²) in [5, 5.41) is 20.6. The van der Waals surface area contributed by atoms with Crippen LogP contribution in [0.4, 0.5) is 4.39 Å². The molecular formula is C8H5BBrFO2S. The summed E-state index contributed by atoms with van der Waals surface area (Å²) in [5.41, 5.74) is 0.188. The zero-order chi connectivity index (χ0) is 10.3. The van der Waals surface area contributed by atoms with Crippen LogP contribution >= 0.6 is 27.3 Å². The van der Waals surface area contributed by atoms with E-state index in [-0.39, 0.29) is 5.46 Å². The molecule has 0 aliphatic carbocycles. The van der Waals surface area contributed by atoms with Crippen molar-refractivity contribution >= 4 is 49.9 Å². The second kappa shape index (κ2) is 3.62. The van der Waals surface area contributed by atoms with Gasteiger partial charge in [-0.05, 0) is 33.5 Å². The molecule has 1 aromatic heterocycles. The standard InChI is InChI=1S/C8H5BBrFO2S/c10-6-3-14-7-2-4(11)1-5(8(6)7)9(12)13/h1-3,12-13H. The molecule has 0 radical (unpaired) electrons. The Morgan fingerprint density at radius 1 is 1.36 bits per heavy atom. The van der Waals surface area contributed by atoms with Gasteiger partial charge in [0, 0.05) is 19.9 Å². The molecule has 0 saturated carbocycles. The maximum atomic E-state index is 13.0. The Labute approximate surface area is 92.3 Å². The molecule has 72 valence electrons. The van der Waals surface area contributed by atoms with Crippen LogP contribution in [0.15, 0.2) is 22.0 Å². The molecule has 0 spiro atoms. The topological polar surface area (TPSA) is 40.5 Å². The van der Waals surface area contributed by atoms with Crippen molar-refractivity contribution in [3.05, 3.63) is 27.8 Å². The quantitative estimate of drug-likeness (QED) is 0.774. The Bertz CT molecular complexity index is 485. The molecule has 0 atom stereocenters. The summed E-state index contributed by atoms with van der Waals surface area (Å²) in [6, 6.07) is 2.50. The smallest absolute Gasteiger partial charge is 0.423 e. The van der Waals surface area contributed by atoms with Gasteiger partial charge in [-0.15, -0.1) is 11.3 Å². The first-order valence-corrected chi connectivity index (χ1v) is 5.49. The SMILES string of the molecule is OB(O)c1cc(F)cc2scc(Br)c12. The van der Waals surface area contributed by atoms with Crippen LogP contribution in [-0.2, 0) is 0 Å². The fourth-order valence-corrected chi connectivity index (χ4v) is 3.06. The minimum absolute atomic E-state index is 0.188. The van der Waals surface area contributed by atoms with E-state index in [2.05, 4.69) is 15.9 Å². The molecule has 0 aliphatic heterocycles. The molecule has 2 rings (SSSR count). The van der Waals surface area contributed by atoms with Crippen molar-refractivity contribution in [2.45, 2.75) is 0 Å². The van der Waals surface area contributed by atoms with E-state index in [4.69, 9.17) is 10.0 Å². The van der Waals surface area contributed by atoms with Crippen molar-refractivity contribution in [1.82, 2.24) is 0 Å². The predicted molar refractivity (Wildman–Crippen MR) is 59.3 cm³/mol. The van der Waals surface area contributed by atoms with Crippen LogP contribution in [0.1, 0.15) is 0 Å². The van der Waals surface area contributed by atoms with Crippen LogP contribution in [0.2, 0.25) is 0 Å². The van der Waals surface area contributed by atoms with E-state index >= 15 is 0 Å². The van der Waals surface area contributed by atoms with Crippen LogP contribution < -0.4 is 5.46 Å². The van der Waals surface area contributed by atoms with Gasteiger partial charge in [0.1, 0.15) is 5.82 Å². The molecule has 1 aromatic carbocycles. The summed E-state index contributed by atoms with van der Waals surface area (Å²) >= 11 is 4.63. The molecule has 2 nitrogen and oxygen atoms in total. The Morgan fingerprint density at radius 2 is 2.07 bits per heavy atom. The van der Waals surface area contributed by atoms with Crippen molar-refractivity contribution < 1.29 is 14.4 Å². The Morgan fingerprint density at radius 3 is 2.71 bits per heavy atom. The van der Waals surface area contributed by atoms with Crippen molar-refractivity contribution in [2.75, 3.05) is 0 Å². The van der Waals surface area contributed by atoms with Crippen molar-refractivity contribution in [3.8, 4) is 0 Å². The predicted octanol–water partition coefficient (Wildman–Crippen LogP) is 1.48. The van der Waals surface area contributed by atoms with Gasteiger partial charge in [0.05, 0.1) is 0 Å². The summed E-state index contributed by atoms with van der Waals surface area (Å²) in [4.78, 5) is 0. The van der Waals surface area contributed by atoms with Crippen LogP contribution in [0.5, 0.6) is 0 Å². The van der Waals surface area contributed by atoms with Gasteiger partial charge in [0.15, 0.2) is 0 Å². The second-order valence-electron chi connectivity index (χ2n) is 2.83. The fraction of sp³-hybridized carbons (Fsp3) is 0. The minimum Gasteiger partial charge on any atom is -0.423 e. The van der Waals surface area contributed by atoms with Crippen molar-refractivity contribution in [3.63, 3.8) is 0 Å². The van der Waals surface area contributed by atoms with Gasteiger partial charge < -0.3 is 10.0 Å². The molecular weight excluding hydrogens is 270 g/mol. The highest BCUT2D eigenvalue weighted by molar-refractivity contribution is 9.10. The van der Waals surface area contributed by atoms with E-state index in [9.17, 15) is 4.39 Å². The summed E-state index contributed by atoms with van der Waals surface area (Å²) in [6.07, 6.45) is 0. The largest absolute Gasteiger partial charge is 0.489 e. The van der Waals surface area contributed by atoms with Gasteiger partial charge >= 0.3 is 7.12 Å². The van der Waals surface area contributed by atoms with Crippen molar-refractivity contribution in [2.24, 2.45) is 0 Å². The third-order valence-electron chi connectivity index (χ3n) is 1.90. The first-order valence-electron chi connectivity index (χ1n) is 3.82. The minimum atomic E-state index is -1.65. The summed E-state index contributed by atoms with van der Waals surface area (Å²) in [6.45, 7) is 0. The highest BCUT2D eigenvalue weighted by Gasteiger charge is 2.18. The van der Waals surface area contributed by atoms with Gasteiger partial charge in [0.2, 0.25) is 0 Å². The number of halogens is 2. The molecule has 2 N–H and O–H groups in total. The van der Waals surface area contributed by atoms with Gasteiger partial charge in [-0.2, -0.15) is 0 Å². The molecule has 0 fully saturated rings. The lowest BCUT2D eigenvalue weighted by Gasteiger charge is -2.02. The van der Waals surface area contributed by atoms with Gasteiger partial charge in [-0.25, -0.2) is 4.39 Å². The molecule has 2 aromatic rings. The molecule has 0 bridgehead atoms. The summed E-state index contributed by atoms with van der Waals surface area (Å²) in [7, 11) is -1.65. The molecule has 1 heterocycles. The molecule has 14 heavy (non-hydrogen) atoms. The van der Waals surface area contributed by atoms with Crippen LogP contribution in [0.25, 0.3) is 10.1 Å². The average molecular weight is 275 g/mol. The Hall–Kier alpha value is -0.425. The number of rotatable bonds is 1. The summed E-state index contributed by atoms with van der Waals surface area (Å²) in [5.74, 6) is -0.463. The highest BCUT2D eigenvalue weighted by Crippen LogP contribution is 2.29. The third-order valence-corrected chi connectivity index (χ3v) is 3.76. The Kier molecular flexibility index (Phi) is 2.61. The van der Waals surface area contributed by atoms with Gasteiger partial charge in [0.25, 0.3) is 0 Å². The fourth-order valence-electron chi connectivity index (χ4n) is 1.33. The number of fused-ring (bicyclic) bond motifs is 1. The van der Waals surface area contributed by atoms with Crippen LogP contribution in [-0.4, -0.2) is 17.2 Å². The first-order chi connectivity index (χ1) is 6.59. The molecule has 0 saturated heterocycles. The zero-order valence-corrected chi connectivity index (χ0v) is 9.27. The lowest BCUT2D eigenvalue weighted by molar-refractivity contribution is 0.426. The zero-order valence-electron chi connectivity index (χ0n) is 6.87. The number of thiophene rings is 1. The van der Waals surface area contributed by atoms with E-state index in [1.165, 1.54) is 17.4 Å². The van der Waals surface area contributed by atoms with E-state index < -0.39 is 12.9 Å². The lowest BCUT2D eigenvalue weighted by Crippen LogP contribution is -2.30. The Balaban J connectivity index is 2.83. The monoisotopic (exact) mass is 274 g/mol. The maximum absolute atomic E-state index is 13.0. The van der Waals surface area contributed by atoms with E-state index in [1.807, 2.05) is 0 Å². The highest BCUT2D eigenvalue weighted by atomic mass is 79.9. The molecule has 0 aliphatic rings. The molecule has 0 amide bonds. The van der Waals surface area contributed by atoms with Crippen LogP contribution in [0.3, 0.4) is 0 Å². The maximum Gasteiger partial charge on any atom is 0.489 e. The number of hydrogen-bond donors (Lipinski definition) is 2. The summed E-state index contributed by atoms with van der Waals surface area (Å²) < 4.78 is 14.5. The third kappa shape index (κ3) is 1.59. The second-order valence-corrected chi connectivity index (χ2v) is 4.59. The van der Waals surface area contributed by atoms with Gasteiger partial charge in [-0.3, -0.25) is 0 Å². The number of hydrogen-bond acceptors (Lipinski definition) is 3. The molecule has 6 heteroatoms. The first kappa shape index (κ1) is 10.1. The average Bonchev–Trinajstić information content (AvgIpc) is 2.46. The van der Waals surface area contributed by atoms with E-state index in [1.54, 1.807) is 5.38 Å². The van der Waals surface area contributed by atoms with Crippen molar-refractivity contribution in [1.29, 1.82) is 0 Å². The van der Waals surface area contributed by atoms with Gasteiger partial charge in [-0.1, -0.05) is 0 Å². The molecule has 0 unspecified atom stereocenters. The number of benzene rings is 1. The van der Waals surface area contributed by atoms with Crippen LogP contribution in [0, 0.1) is 5.82 Å². The van der Waals surface area contributed by atoms with E-state index in [0.29, 0.717) is 10.1 Å².